The molecule has 0 rings (SSSR count). The average molecular weight is 1620 g/mol. The molecule has 0 saturated heterocycles. The zero-order chi connectivity index (χ0) is 85.8. The van der Waals surface area contributed by atoms with Gasteiger partial charge >= 0.3 is 47.8 Å². The second-order valence-electron chi connectivity index (χ2n) is 37.3. The third-order valence-corrected chi connectivity index (χ3v) is 16.0. The van der Waals surface area contributed by atoms with Gasteiger partial charge in [-0.25, -0.2) is 0 Å². The van der Waals surface area contributed by atoms with Crippen molar-refractivity contribution in [3.05, 3.63) is 0 Å². The van der Waals surface area contributed by atoms with Crippen LogP contribution in [0.2, 0.25) is 0 Å². The van der Waals surface area contributed by atoms with Gasteiger partial charge in [0, 0.05) is 184 Å². The normalized spacial score (nSPS) is 12.9. The van der Waals surface area contributed by atoms with E-state index in [0.717, 1.165) is 103 Å². The molecular weight excluding hydrogens is 1450 g/mol. The van der Waals surface area contributed by atoms with Crippen LogP contribution in [0.25, 0.3) is 0 Å². The molecule has 0 bridgehead atoms. The Morgan fingerprint density at radius 3 is 0.336 bits per heavy atom. The van der Waals surface area contributed by atoms with E-state index in [4.69, 9.17) is 61.6 Å². The summed E-state index contributed by atoms with van der Waals surface area (Å²) in [6, 6.07) is 0. The smallest absolute Gasteiger partial charge is 0.307 e. The molecule has 27 nitrogen and oxygen atoms in total. The third-order valence-electron chi connectivity index (χ3n) is 16.0. The molecule has 0 heterocycles. The zero-order valence-corrected chi connectivity index (χ0v) is 75.8. The van der Waals surface area contributed by atoms with E-state index >= 15 is 0 Å². The summed E-state index contributed by atoms with van der Waals surface area (Å²) in [4.78, 5) is 115. The summed E-state index contributed by atoms with van der Waals surface area (Å²) in [5.74, 6) is -2.27. The lowest BCUT2D eigenvalue weighted by Gasteiger charge is -2.25. The molecule has 0 amide bonds. The van der Waals surface area contributed by atoms with Gasteiger partial charge in [0.2, 0.25) is 0 Å². The predicted octanol–water partition coefficient (Wildman–Crippen LogP) is 12.6. The first-order valence-corrected chi connectivity index (χ1v) is 42.3. The molecule has 0 radical (unpaired) electrons. The van der Waals surface area contributed by atoms with Gasteiger partial charge in [-0.3, -0.25) is 38.4 Å². The van der Waals surface area contributed by atoms with Crippen molar-refractivity contribution in [1.29, 1.82) is 0 Å². The number of carbonyl (C=O) groups excluding carboxylic acids is 8. The highest BCUT2D eigenvalue weighted by Gasteiger charge is 2.26. The number of nitrogens with zero attached hydrogens (tertiary/aromatic N) is 6. The highest BCUT2D eigenvalue weighted by atomic mass is 16.6. The van der Waals surface area contributed by atoms with Crippen molar-refractivity contribution in [2.75, 3.05) is 184 Å². The summed E-state index contributed by atoms with van der Waals surface area (Å²) in [5, 5.41) is 0. The maximum absolute atomic E-state index is 12.7. The quantitative estimate of drug-likeness (QED) is 0.0311. The van der Waals surface area contributed by atoms with Gasteiger partial charge in [0.25, 0.3) is 0 Å². The van der Waals surface area contributed by atoms with E-state index in [9.17, 15) is 38.4 Å². The van der Waals surface area contributed by atoms with E-state index in [1.54, 1.807) is 0 Å². The largest absolute Gasteiger partial charge is 0.460 e. The maximum atomic E-state index is 12.7. The van der Waals surface area contributed by atoms with Gasteiger partial charge in [0.05, 0.1) is 51.4 Å². The molecule has 0 aliphatic heterocycles. The average Bonchev–Trinajstić information content (AvgIpc) is 0.948. The maximum Gasteiger partial charge on any atom is 0.307 e. The molecule has 0 aliphatic carbocycles. The molecular formula is C86H164N6O21. The van der Waals surface area contributed by atoms with Crippen LogP contribution in [0.3, 0.4) is 0 Å². The first kappa shape index (κ1) is 108. The molecule has 27 heteroatoms. The Morgan fingerprint density at radius 2 is 0.248 bits per heavy atom. The summed E-state index contributed by atoms with van der Waals surface area (Å²) in [6.45, 7) is 61.0. The Labute approximate surface area is 684 Å². The summed E-state index contributed by atoms with van der Waals surface area (Å²) in [7, 11) is 0. The van der Waals surface area contributed by atoms with E-state index in [2.05, 4.69) is 29.4 Å². The van der Waals surface area contributed by atoms with Crippen molar-refractivity contribution in [2.24, 2.45) is 0 Å². The molecule has 0 aromatic heterocycles. The van der Waals surface area contributed by atoms with Gasteiger partial charge in [0.1, 0.15) is 44.8 Å². The molecule has 0 aromatic carbocycles. The third kappa shape index (κ3) is 75.8. The lowest BCUT2D eigenvalue weighted by atomic mass is 10.2. The minimum absolute atomic E-state index is 0.209. The second kappa shape index (κ2) is 58.2. The summed E-state index contributed by atoms with van der Waals surface area (Å²) >= 11 is 0. The van der Waals surface area contributed by atoms with Crippen LogP contribution in [0.5, 0.6) is 0 Å². The lowest BCUT2D eigenvalue weighted by molar-refractivity contribution is -0.157. The minimum atomic E-state index is -0.591. The Kier molecular flexibility index (Phi) is 55.8. The van der Waals surface area contributed by atoms with E-state index in [-0.39, 0.29) is 99.1 Å². The van der Waals surface area contributed by atoms with Crippen LogP contribution < -0.4 is 0 Å². The Bertz CT molecular complexity index is 2110. The standard InChI is InChI=1S/C86H164N6O21/c1-79(2,3)106-71(93)35-53-89(54-36-72(94)107-80(4,5)6)49-31-67-102-63-27-45-87(46-28-64-103-68-32-50-90(55-37-73(95)108-81(7,8)9)56-38-74(96)109-82(10,11)12)43-25-61-101-62-26-44-88(47-29-65-104-69-33-51-91(57-39-75(97)110-83(13,14)15)58-40-76(98)111-84(16,17)18)48-30-66-105-70-34-52-92(59-41-77(99)112-85(19,20)21)60-42-78(100)113-86(22,23)24/h25-70H2,1-24H3. The van der Waals surface area contributed by atoms with Crippen LogP contribution in [0, 0.1) is 0 Å². The number of hydrogen-bond donors (Lipinski definition) is 0. The van der Waals surface area contributed by atoms with Crippen LogP contribution in [0.4, 0.5) is 0 Å². The van der Waals surface area contributed by atoms with E-state index in [1.165, 1.54) is 0 Å². The lowest BCUT2D eigenvalue weighted by Crippen LogP contribution is -2.33. The molecule has 113 heavy (non-hydrogen) atoms. The highest BCUT2D eigenvalue weighted by molar-refractivity contribution is 5.73. The van der Waals surface area contributed by atoms with Gasteiger partial charge in [-0.1, -0.05) is 0 Å². The summed E-state index contributed by atoms with van der Waals surface area (Å²) in [5.41, 5.74) is -4.73. The Morgan fingerprint density at radius 1 is 0.159 bits per heavy atom. The summed E-state index contributed by atoms with van der Waals surface area (Å²) in [6.07, 6.45) is 9.49. The number of rotatable bonds is 64. The predicted molar refractivity (Wildman–Crippen MR) is 443 cm³/mol. The Hall–Kier alpha value is -4.68. The van der Waals surface area contributed by atoms with Crippen molar-refractivity contribution < 1.29 is 99.9 Å². The first-order chi connectivity index (χ1) is 52.3. The molecule has 0 atom stereocenters. The number of hydrogen-bond acceptors (Lipinski definition) is 27. The van der Waals surface area contributed by atoms with Crippen molar-refractivity contribution in [2.45, 2.75) is 327 Å². The van der Waals surface area contributed by atoms with Gasteiger partial charge in [-0.05, 0) is 230 Å². The molecule has 0 N–H and O–H groups in total. The highest BCUT2D eigenvalue weighted by Crippen LogP contribution is 2.18. The van der Waals surface area contributed by atoms with E-state index in [1.807, 2.05) is 166 Å². The zero-order valence-electron chi connectivity index (χ0n) is 75.8. The van der Waals surface area contributed by atoms with Crippen LogP contribution in [0.15, 0.2) is 0 Å². The molecule has 0 aliphatic rings. The van der Waals surface area contributed by atoms with Crippen LogP contribution in [0.1, 0.15) is 282 Å². The van der Waals surface area contributed by atoms with Crippen molar-refractivity contribution >= 4 is 47.8 Å². The van der Waals surface area contributed by atoms with E-state index in [0.29, 0.717) is 145 Å². The molecule has 0 spiro atoms. The number of ether oxygens (including phenoxy) is 13. The number of esters is 8. The molecule has 0 saturated carbocycles. The fourth-order valence-electron chi connectivity index (χ4n) is 11.6. The second-order valence-corrected chi connectivity index (χ2v) is 37.3. The number of carbonyl (C=O) groups is 8. The van der Waals surface area contributed by atoms with Gasteiger partial charge in [0.15, 0.2) is 0 Å². The van der Waals surface area contributed by atoms with Crippen molar-refractivity contribution in [3.8, 4) is 0 Å². The van der Waals surface area contributed by atoms with Gasteiger partial charge in [-0.15, -0.1) is 0 Å². The van der Waals surface area contributed by atoms with Crippen molar-refractivity contribution in [1.82, 2.24) is 29.4 Å². The van der Waals surface area contributed by atoms with Gasteiger partial charge in [-0.2, -0.15) is 0 Å². The topological polar surface area (TPSA) is 276 Å². The van der Waals surface area contributed by atoms with Crippen LogP contribution in [-0.4, -0.2) is 306 Å². The fraction of sp³-hybridized carbons (Fsp3) is 0.907. The molecule has 0 unspecified atom stereocenters. The molecule has 0 aromatic rings. The minimum Gasteiger partial charge on any atom is -0.460 e. The van der Waals surface area contributed by atoms with Crippen LogP contribution >= 0.6 is 0 Å². The molecule has 0 fully saturated rings. The SMILES string of the molecule is CC(C)(C)OC(=O)CCN(CCCOCCCN(CCCOCCCN(CCCOCCCN(CCC(=O)OC(C)(C)C)CCC(=O)OC(C)(C)C)CCCOCCCN(CCC(=O)OC(C)(C)C)CCC(=O)OC(C)(C)C)CCCOCCCN(CCC(=O)OC(C)(C)C)CCC(=O)OC(C)(C)C)CCC(=O)OC(C)(C)C. The monoisotopic (exact) mass is 1620 g/mol. The first-order valence-electron chi connectivity index (χ1n) is 42.3. The Balaban J connectivity index is 6.14. The molecule has 664 valence electrons. The van der Waals surface area contributed by atoms with Crippen molar-refractivity contribution in [3.63, 3.8) is 0 Å². The van der Waals surface area contributed by atoms with E-state index < -0.39 is 44.8 Å². The van der Waals surface area contributed by atoms with Crippen LogP contribution in [-0.2, 0) is 99.9 Å². The van der Waals surface area contributed by atoms with Gasteiger partial charge < -0.3 is 91.0 Å². The summed E-state index contributed by atoms with van der Waals surface area (Å²) < 4.78 is 75.6. The fourth-order valence-corrected chi connectivity index (χ4v) is 11.6.